The van der Waals surface area contributed by atoms with Crippen LogP contribution in [0.3, 0.4) is 0 Å². The molecule has 3 aliphatic rings. The molecule has 3 aromatic carbocycles. The van der Waals surface area contributed by atoms with Gasteiger partial charge in [-0.05, 0) is 69.8 Å². The summed E-state index contributed by atoms with van der Waals surface area (Å²) in [6.45, 7) is 0. The van der Waals surface area contributed by atoms with E-state index in [1.165, 1.54) is 36.4 Å². The van der Waals surface area contributed by atoms with Gasteiger partial charge in [-0.1, -0.05) is 12.1 Å². The lowest BCUT2D eigenvalue weighted by atomic mass is 9.59. The molecule has 0 saturated carbocycles. The fraction of sp³-hybridized carbons (Fsp3) is 0.0833. The molecule has 0 amide bonds. The molecule has 0 aromatic heterocycles. The van der Waals surface area contributed by atoms with Crippen LogP contribution in [0.15, 0.2) is 48.5 Å². The van der Waals surface area contributed by atoms with E-state index in [0.29, 0.717) is 33.4 Å². The van der Waals surface area contributed by atoms with Crippen LogP contribution in [-0.2, 0) is 0 Å². The lowest BCUT2D eigenvalue weighted by molar-refractivity contribution is 0.0678. The van der Waals surface area contributed by atoms with Crippen molar-refractivity contribution in [3.63, 3.8) is 0 Å². The van der Waals surface area contributed by atoms with E-state index in [2.05, 4.69) is 0 Å². The van der Waals surface area contributed by atoms with E-state index in [0.717, 1.165) is 0 Å². The van der Waals surface area contributed by atoms with Crippen molar-refractivity contribution >= 4 is 23.9 Å². The number of carboxylic acid groups (broad SMARTS) is 4. The summed E-state index contributed by atoms with van der Waals surface area (Å²) in [5.74, 6) is -6.24. The first-order valence-corrected chi connectivity index (χ1v) is 9.58. The van der Waals surface area contributed by atoms with E-state index in [1.807, 2.05) is 0 Å². The first kappa shape index (κ1) is 19.5. The molecule has 32 heavy (non-hydrogen) atoms. The van der Waals surface area contributed by atoms with Gasteiger partial charge in [-0.15, -0.1) is 0 Å². The Bertz CT molecular complexity index is 1290. The van der Waals surface area contributed by atoms with Crippen LogP contribution in [0, 0.1) is 0 Å². The highest BCUT2D eigenvalue weighted by atomic mass is 16.4. The minimum Gasteiger partial charge on any atom is -0.478 e. The first-order chi connectivity index (χ1) is 15.2. The zero-order valence-electron chi connectivity index (χ0n) is 16.2. The van der Waals surface area contributed by atoms with E-state index < -0.39 is 35.7 Å². The Morgan fingerprint density at radius 3 is 1.19 bits per heavy atom. The predicted molar refractivity (Wildman–Crippen MR) is 109 cm³/mol. The summed E-state index contributed by atoms with van der Waals surface area (Å²) in [5, 5.41) is 38.6. The average molecular weight is 430 g/mol. The maximum atomic E-state index is 12.1. The number of benzene rings is 3. The van der Waals surface area contributed by atoms with Crippen LogP contribution in [0.25, 0.3) is 0 Å². The maximum Gasteiger partial charge on any atom is 0.336 e. The van der Waals surface area contributed by atoms with Crippen LogP contribution in [0.1, 0.15) is 86.6 Å². The summed E-state index contributed by atoms with van der Waals surface area (Å²) in [6, 6.07) is 11.4. The number of carbonyl (C=O) groups is 4. The third-order valence-corrected chi connectivity index (χ3v) is 6.24. The normalized spacial score (nSPS) is 17.1. The number of rotatable bonds is 4. The molecule has 0 unspecified atom stereocenters. The van der Waals surface area contributed by atoms with Crippen molar-refractivity contribution in [2.24, 2.45) is 0 Å². The standard InChI is InChI=1S/C24H14O8/c25-21(26)9-1-3-11-15(7-9)18-12-4-2-10(22(27)28)8-16(12)17(11)19-13(23(29)30)5-6-14(20(18)19)24(31)32/h1-8,17-18H,(H,25,26)(H,27,28)(H,29,30)(H,31,32)/t17-,18-/m1/s1. The Hall–Kier alpha value is -4.46. The summed E-state index contributed by atoms with van der Waals surface area (Å²) in [7, 11) is 0. The van der Waals surface area contributed by atoms with E-state index in [-0.39, 0.29) is 22.3 Å². The van der Waals surface area contributed by atoms with E-state index >= 15 is 0 Å². The Morgan fingerprint density at radius 1 is 0.500 bits per heavy atom. The van der Waals surface area contributed by atoms with Gasteiger partial charge in [0.2, 0.25) is 0 Å². The molecule has 4 N–H and O–H groups in total. The SMILES string of the molecule is O=C(O)c1ccc2c(c1)[C@H]1c3ccc(C(=O)O)cc3[C@@H]2c2c(C(=O)O)ccc(C(=O)O)c21. The van der Waals surface area contributed by atoms with Gasteiger partial charge in [0, 0.05) is 11.8 Å². The Labute approximate surface area is 180 Å². The van der Waals surface area contributed by atoms with Crippen LogP contribution in [0.4, 0.5) is 0 Å². The molecular formula is C24H14O8. The second-order valence-corrected chi connectivity index (χ2v) is 7.76. The minimum absolute atomic E-state index is 0.0211. The van der Waals surface area contributed by atoms with Gasteiger partial charge in [-0.25, -0.2) is 19.2 Å². The van der Waals surface area contributed by atoms with Crippen LogP contribution in [0.5, 0.6) is 0 Å². The van der Waals surface area contributed by atoms with Crippen LogP contribution >= 0.6 is 0 Å². The van der Waals surface area contributed by atoms with Crippen molar-refractivity contribution in [3.05, 3.63) is 104 Å². The molecule has 0 fully saturated rings. The molecule has 8 nitrogen and oxygen atoms in total. The van der Waals surface area contributed by atoms with Crippen LogP contribution in [0.2, 0.25) is 0 Å². The Kier molecular flexibility index (Phi) is 3.97. The van der Waals surface area contributed by atoms with Gasteiger partial charge in [0.1, 0.15) is 0 Å². The third kappa shape index (κ3) is 2.49. The van der Waals surface area contributed by atoms with E-state index in [4.69, 9.17) is 0 Å². The average Bonchev–Trinajstić information content (AvgIpc) is 2.76. The molecule has 3 aliphatic carbocycles. The molecule has 158 valence electrons. The Morgan fingerprint density at radius 2 is 0.875 bits per heavy atom. The highest BCUT2D eigenvalue weighted by Crippen LogP contribution is 2.57. The smallest absolute Gasteiger partial charge is 0.336 e. The van der Waals surface area contributed by atoms with Gasteiger partial charge in [-0.3, -0.25) is 0 Å². The predicted octanol–water partition coefficient (Wildman–Crippen LogP) is 3.47. The second kappa shape index (κ2) is 6.52. The summed E-state index contributed by atoms with van der Waals surface area (Å²) >= 11 is 0. The third-order valence-electron chi connectivity index (χ3n) is 6.24. The molecule has 3 aromatic rings. The molecule has 0 spiro atoms. The largest absolute Gasteiger partial charge is 0.478 e. The molecule has 8 heteroatoms. The zero-order valence-corrected chi connectivity index (χ0v) is 16.2. The van der Waals surface area contributed by atoms with Crippen molar-refractivity contribution in [3.8, 4) is 0 Å². The maximum absolute atomic E-state index is 12.1. The summed E-state index contributed by atoms with van der Waals surface area (Å²) in [6.07, 6.45) is 0. The van der Waals surface area contributed by atoms with Gasteiger partial charge in [-0.2, -0.15) is 0 Å². The number of carboxylic acids is 4. The fourth-order valence-corrected chi connectivity index (χ4v) is 5.03. The van der Waals surface area contributed by atoms with Gasteiger partial charge in [0.15, 0.2) is 0 Å². The van der Waals surface area contributed by atoms with Crippen LogP contribution < -0.4 is 0 Å². The highest BCUT2D eigenvalue weighted by Gasteiger charge is 2.45. The lowest BCUT2D eigenvalue weighted by Crippen LogP contribution is -2.32. The molecule has 6 rings (SSSR count). The molecule has 2 atom stereocenters. The quantitative estimate of drug-likeness (QED) is 0.339. The molecular weight excluding hydrogens is 416 g/mol. The van der Waals surface area contributed by atoms with Crippen molar-refractivity contribution in [1.29, 1.82) is 0 Å². The van der Waals surface area contributed by atoms with Crippen molar-refractivity contribution in [2.45, 2.75) is 11.8 Å². The van der Waals surface area contributed by atoms with Gasteiger partial charge >= 0.3 is 23.9 Å². The second-order valence-electron chi connectivity index (χ2n) is 7.76. The van der Waals surface area contributed by atoms with Crippen molar-refractivity contribution in [2.75, 3.05) is 0 Å². The Balaban J connectivity index is 1.92. The number of hydrogen-bond acceptors (Lipinski definition) is 4. The summed E-state index contributed by atoms with van der Waals surface area (Å²) < 4.78 is 0. The molecule has 0 radical (unpaired) electrons. The molecule has 2 bridgehead atoms. The zero-order chi connectivity index (χ0) is 22.9. The molecule has 0 saturated heterocycles. The van der Waals surface area contributed by atoms with Gasteiger partial charge in [0.05, 0.1) is 22.3 Å². The van der Waals surface area contributed by atoms with Crippen LogP contribution in [-0.4, -0.2) is 44.3 Å². The van der Waals surface area contributed by atoms with Gasteiger partial charge in [0.25, 0.3) is 0 Å². The van der Waals surface area contributed by atoms with E-state index in [1.54, 1.807) is 12.1 Å². The summed E-state index contributed by atoms with van der Waals surface area (Å²) in [4.78, 5) is 47.3. The fourth-order valence-electron chi connectivity index (χ4n) is 5.03. The van der Waals surface area contributed by atoms with Gasteiger partial charge < -0.3 is 20.4 Å². The summed E-state index contributed by atoms with van der Waals surface area (Å²) in [5.41, 5.74) is 2.91. The van der Waals surface area contributed by atoms with E-state index in [9.17, 15) is 39.6 Å². The number of hydrogen-bond donors (Lipinski definition) is 4. The monoisotopic (exact) mass is 430 g/mol. The highest BCUT2D eigenvalue weighted by molar-refractivity contribution is 5.98. The first-order valence-electron chi connectivity index (χ1n) is 9.58. The molecule has 0 heterocycles. The minimum atomic E-state index is -1.23. The molecule has 0 aliphatic heterocycles. The lowest BCUT2D eigenvalue weighted by Gasteiger charge is -2.43. The number of aromatic carboxylic acids is 4. The topological polar surface area (TPSA) is 149 Å². The van der Waals surface area contributed by atoms with Crippen molar-refractivity contribution < 1.29 is 39.6 Å². The van der Waals surface area contributed by atoms with Crippen molar-refractivity contribution in [1.82, 2.24) is 0 Å².